The Hall–Kier alpha value is -3.09. The number of nitrogens with zero attached hydrogens (tertiary/aromatic N) is 3. The molecule has 158 valence electrons. The van der Waals surface area contributed by atoms with E-state index in [1.54, 1.807) is 5.80 Å². The lowest BCUT2D eigenvalue weighted by Crippen LogP contribution is -2.41. The Labute approximate surface area is 172 Å². The summed E-state index contributed by atoms with van der Waals surface area (Å²) in [5.74, 6) is -1.28. The summed E-state index contributed by atoms with van der Waals surface area (Å²) in [5.41, 5.74) is 6.97. The maximum atomic E-state index is 11.8. The zero-order chi connectivity index (χ0) is 22.0. The third-order valence-electron chi connectivity index (χ3n) is 4.51. The van der Waals surface area contributed by atoms with E-state index >= 15 is 0 Å². The van der Waals surface area contributed by atoms with Gasteiger partial charge in [-0.1, -0.05) is 0 Å². The van der Waals surface area contributed by atoms with Crippen LogP contribution in [0.3, 0.4) is 0 Å². The fourth-order valence-corrected chi connectivity index (χ4v) is 6.07. The number of hydrogen-bond donors (Lipinski definition) is 1. The highest BCUT2D eigenvalue weighted by Gasteiger charge is 2.58. The summed E-state index contributed by atoms with van der Waals surface area (Å²) in [6.07, 6.45) is -1.58. The number of carbonyl (C=O) groups excluding carboxylic acids is 3. The number of nitriles is 1. The molecule has 0 aliphatic carbocycles. The minimum absolute atomic E-state index is 0.183. The maximum Gasteiger partial charge on any atom is 0.303 e. The van der Waals surface area contributed by atoms with Crippen LogP contribution in [-0.4, -0.2) is 64.4 Å². The van der Waals surface area contributed by atoms with Crippen LogP contribution in [0.2, 0.25) is 0 Å². The summed E-state index contributed by atoms with van der Waals surface area (Å²) < 4.78 is 21.9. The van der Waals surface area contributed by atoms with Crippen LogP contribution in [0.5, 0.6) is 0 Å². The molecule has 3 heterocycles. The summed E-state index contributed by atoms with van der Waals surface area (Å²) in [4.78, 5) is 43.0. The molecule has 0 radical (unpaired) electrons. The predicted octanol–water partition coefficient (Wildman–Crippen LogP) is -0.260. The van der Waals surface area contributed by atoms with Crippen molar-refractivity contribution in [2.24, 2.45) is 0 Å². The molecule has 1 fully saturated rings. The number of nitrogens with two attached hydrogens (primary N) is 1. The number of fused-ring (bicyclic) bond motifs is 1. The van der Waals surface area contributed by atoms with E-state index in [1.807, 2.05) is 0 Å². The van der Waals surface area contributed by atoms with Gasteiger partial charge in [0.1, 0.15) is 36.6 Å². The van der Waals surface area contributed by atoms with Crippen LogP contribution in [0.1, 0.15) is 32.3 Å². The summed E-state index contributed by atoms with van der Waals surface area (Å²) in [6.45, 7) is 3.46. The van der Waals surface area contributed by atoms with Gasteiger partial charge in [0.15, 0.2) is 13.6 Å². The van der Waals surface area contributed by atoms with Crippen LogP contribution in [0.4, 0.5) is 5.82 Å². The highest BCUT2D eigenvalue weighted by Crippen LogP contribution is 2.47. The van der Waals surface area contributed by atoms with E-state index in [2.05, 4.69) is 16.0 Å². The molecule has 3 rings (SSSR count). The Morgan fingerprint density at radius 1 is 1.17 bits per heavy atom. The average molecular weight is 435 g/mol. The van der Waals surface area contributed by atoms with Gasteiger partial charge in [-0.25, -0.2) is 4.98 Å². The molecule has 2 N–H and O–H groups in total. The van der Waals surface area contributed by atoms with Gasteiger partial charge in [0.05, 0.1) is 11.6 Å². The lowest BCUT2D eigenvalue weighted by molar-refractivity contribution is -0.165. The molecule has 0 saturated carbocycles. The molecule has 11 nitrogen and oxygen atoms in total. The van der Waals surface area contributed by atoms with Crippen molar-refractivity contribution in [1.82, 2.24) is 9.97 Å². The molecule has 2 aliphatic rings. The Balaban J connectivity index is 2.02. The number of ether oxygens (including phenoxy) is 4. The van der Waals surface area contributed by atoms with Gasteiger partial charge < -0.3 is 24.7 Å². The largest absolute Gasteiger partial charge is 0.463 e. The van der Waals surface area contributed by atoms with Gasteiger partial charge in [-0.05, 0) is 0 Å². The number of aromatic nitrogens is 2. The Morgan fingerprint density at radius 3 is 2.43 bits per heavy atom. The SMILES string of the molecule is CC(=O)OC[C@H]1O[C@@H]([P+]2=CC(C#N)c3c(N)ncnc32)[C@H](OC(C)=O)[C@@H]1OC(C)=O. The fraction of sp³-hybridized carbons (Fsp3) is 0.500. The monoisotopic (exact) mass is 435 g/mol. The van der Waals surface area contributed by atoms with Crippen molar-refractivity contribution in [2.45, 2.75) is 50.8 Å². The maximum absolute atomic E-state index is 11.8. The van der Waals surface area contributed by atoms with Gasteiger partial charge in [-0.3, -0.25) is 14.4 Å². The number of anilines is 1. The second kappa shape index (κ2) is 8.73. The van der Waals surface area contributed by atoms with Crippen molar-refractivity contribution in [3.63, 3.8) is 0 Å². The van der Waals surface area contributed by atoms with Crippen LogP contribution in [0.25, 0.3) is 0 Å². The third-order valence-corrected chi connectivity index (χ3v) is 6.94. The molecule has 1 saturated heterocycles. The Morgan fingerprint density at radius 2 is 1.83 bits per heavy atom. The Kier molecular flexibility index (Phi) is 6.29. The van der Waals surface area contributed by atoms with Crippen molar-refractivity contribution >= 4 is 42.5 Å². The number of rotatable bonds is 5. The minimum Gasteiger partial charge on any atom is -0.463 e. The van der Waals surface area contributed by atoms with Gasteiger partial charge in [0, 0.05) is 20.8 Å². The first kappa shape index (κ1) is 21.6. The third kappa shape index (κ3) is 4.25. The highest BCUT2D eigenvalue weighted by atomic mass is 31.1. The van der Waals surface area contributed by atoms with E-state index in [4.69, 9.17) is 24.7 Å². The first-order valence-electron chi connectivity index (χ1n) is 8.99. The molecule has 1 aromatic heterocycles. The van der Waals surface area contributed by atoms with Crippen LogP contribution < -0.4 is 11.2 Å². The summed E-state index contributed by atoms with van der Waals surface area (Å²) in [7, 11) is -1.41. The molecule has 12 heteroatoms. The molecule has 0 aromatic carbocycles. The molecule has 0 spiro atoms. The average Bonchev–Trinajstić information content (AvgIpc) is 3.19. The number of nitrogen functional groups attached to an aromatic ring is 1. The normalized spacial score (nSPS) is 28.1. The highest BCUT2D eigenvalue weighted by molar-refractivity contribution is 7.66. The molecule has 0 bridgehead atoms. The number of hydrogen-bond acceptors (Lipinski definition) is 11. The summed E-state index contributed by atoms with van der Waals surface area (Å²) in [5, 5.41) is 9.54. The second-order valence-corrected chi connectivity index (χ2v) is 8.72. The lowest BCUT2D eigenvalue weighted by Gasteiger charge is -2.21. The van der Waals surface area contributed by atoms with Gasteiger partial charge >= 0.3 is 17.9 Å². The topological polar surface area (TPSA) is 164 Å². The molecule has 1 aromatic rings. The standard InChI is InChI=1S/C18H20N4O7P/c1-8(23)26-5-12-14(27-9(2)24)15(28-10(3)25)18(29-12)30-6-11(4-19)13-16(20)21-7-22-17(13)30/h6-7,11-12,14-15,18H,5H2,1-3H3,(H2,20,21,22)/q+1/t11?,12-,14-,15-,18+/m1/s1. The van der Waals surface area contributed by atoms with Crippen molar-refractivity contribution in [2.75, 3.05) is 12.3 Å². The van der Waals surface area contributed by atoms with Crippen molar-refractivity contribution in [3.8, 4) is 6.07 Å². The smallest absolute Gasteiger partial charge is 0.303 e. The lowest BCUT2D eigenvalue weighted by atomic mass is 10.1. The van der Waals surface area contributed by atoms with E-state index in [0.29, 0.717) is 11.0 Å². The van der Waals surface area contributed by atoms with Crippen molar-refractivity contribution in [3.05, 3.63) is 11.9 Å². The first-order chi connectivity index (χ1) is 14.2. The van der Waals surface area contributed by atoms with Crippen LogP contribution in [-0.2, 0) is 33.3 Å². The summed E-state index contributed by atoms with van der Waals surface area (Å²) >= 11 is 0. The summed E-state index contributed by atoms with van der Waals surface area (Å²) in [6, 6.07) is 2.15. The molecule has 6 atom stereocenters. The Bertz CT molecular complexity index is 960. The van der Waals surface area contributed by atoms with E-state index in [-0.39, 0.29) is 12.4 Å². The zero-order valence-electron chi connectivity index (χ0n) is 16.5. The van der Waals surface area contributed by atoms with E-state index < -0.39 is 55.5 Å². The molecule has 0 amide bonds. The number of carbonyl (C=O) groups is 3. The van der Waals surface area contributed by atoms with Crippen molar-refractivity contribution < 1.29 is 33.3 Å². The van der Waals surface area contributed by atoms with E-state index in [1.165, 1.54) is 27.1 Å². The van der Waals surface area contributed by atoms with Crippen LogP contribution in [0, 0.1) is 11.3 Å². The van der Waals surface area contributed by atoms with Crippen molar-refractivity contribution in [1.29, 1.82) is 5.26 Å². The predicted molar refractivity (Wildman–Crippen MR) is 104 cm³/mol. The molecule has 2 aliphatic heterocycles. The fourth-order valence-electron chi connectivity index (χ4n) is 3.43. The quantitative estimate of drug-likeness (QED) is 0.368. The second-order valence-electron chi connectivity index (χ2n) is 6.68. The van der Waals surface area contributed by atoms with Gasteiger partial charge in [0.25, 0.3) is 11.3 Å². The van der Waals surface area contributed by atoms with Gasteiger partial charge in [0.2, 0.25) is 6.10 Å². The van der Waals surface area contributed by atoms with E-state index in [9.17, 15) is 19.6 Å². The molecular weight excluding hydrogens is 415 g/mol. The number of esters is 3. The van der Waals surface area contributed by atoms with Gasteiger partial charge in [-0.2, -0.15) is 10.2 Å². The molecular formula is C18H20N4O7P+. The zero-order valence-corrected chi connectivity index (χ0v) is 17.4. The minimum atomic E-state index is -1.41. The molecule has 2 unspecified atom stereocenters. The van der Waals surface area contributed by atoms with Crippen LogP contribution >= 0.6 is 7.55 Å². The first-order valence-corrected chi connectivity index (χ1v) is 10.5. The van der Waals surface area contributed by atoms with Crippen LogP contribution in [0.15, 0.2) is 6.33 Å². The molecule has 30 heavy (non-hydrogen) atoms. The van der Waals surface area contributed by atoms with E-state index in [0.717, 1.165) is 0 Å². The van der Waals surface area contributed by atoms with Gasteiger partial charge in [-0.15, -0.1) is 0 Å².